The van der Waals surface area contributed by atoms with E-state index in [1.54, 1.807) is 53.0 Å². The van der Waals surface area contributed by atoms with E-state index >= 15 is 0 Å². The number of halogens is 2. The summed E-state index contributed by atoms with van der Waals surface area (Å²) >= 11 is 12.7. The molecule has 0 saturated carbocycles. The maximum absolute atomic E-state index is 13.8. The molecule has 0 spiro atoms. The molecule has 1 amide bonds. The zero-order valence-corrected chi connectivity index (χ0v) is 25.3. The standard InChI is InChI=1S/C30H28Cl2N4O6/c1-30(2,3)35(4)28(37)26-21-14-42-24-13-23(40-5)19(15-7-22(29(38)39)33-25(8-15)41-6)12-20(24)27(21)36(34-26)18-10-16(31)9-17(32)11-18/h7-13H,14H2,1-6H3,(H,38,39). The number of carbonyl (C=O) groups excluding carboxylic acids is 1. The van der Waals surface area contributed by atoms with Gasteiger partial charge in [0.05, 0.1) is 25.6 Å². The van der Waals surface area contributed by atoms with Crippen LogP contribution >= 0.6 is 23.2 Å². The van der Waals surface area contributed by atoms with Gasteiger partial charge in [-0.3, -0.25) is 4.79 Å². The third kappa shape index (κ3) is 5.23. The summed E-state index contributed by atoms with van der Waals surface area (Å²) in [5, 5.41) is 15.2. The summed E-state index contributed by atoms with van der Waals surface area (Å²) in [6.45, 7) is 5.88. The molecule has 2 aromatic heterocycles. The molecule has 0 saturated heterocycles. The van der Waals surface area contributed by atoms with Gasteiger partial charge in [-0.1, -0.05) is 23.2 Å². The van der Waals surface area contributed by atoms with Gasteiger partial charge in [0.15, 0.2) is 11.4 Å². The van der Waals surface area contributed by atoms with E-state index in [0.717, 1.165) is 0 Å². The number of rotatable bonds is 6. The fraction of sp³-hybridized carbons (Fsp3) is 0.267. The van der Waals surface area contributed by atoms with Crippen molar-refractivity contribution in [3.8, 4) is 45.5 Å². The predicted octanol–water partition coefficient (Wildman–Crippen LogP) is 6.39. The molecule has 0 atom stereocenters. The van der Waals surface area contributed by atoms with E-state index in [9.17, 15) is 14.7 Å². The van der Waals surface area contributed by atoms with Gasteiger partial charge in [-0.15, -0.1) is 0 Å². The average Bonchev–Trinajstić information content (AvgIpc) is 3.34. The second-order valence-corrected chi connectivity index (χ2v) is 11.5. The summed E-state index contributed by atoms with van der Waals surface area (Å²) in [5.41, 5.74) is 2.92. The number of carboxylic acids is 1. The van der Waals surface area contributed by atoms with E-state index in [-0.39, 0.29) is 29.8 Å². The minimum atomic E-state index is -1.21. The highest BCUT2D eigenvalue weighted by atomic mass is 35.5. The van der Waals surface area contributed by atoms with Crippen LogP contribution in [0, 0.1) is 0 Å². The molecule has 0 unspecified atom stereocenters. The summed E-state index contributed by atoms with van der Waals surface area (Å²) < 4.78 is 18.7. The first kappa shape index (κ1) is 29.2. The van der Waals surface area contributed by atoms with Crippen molar-refractivity contribution in [1.29, 1.82) is 0 Å². The second kappa shape index (κ2) is 10.8. The van der Waals surface area contributed by atoms with Crippen LogP contribution in [-0.4, -0.2) is 63.5 Å². The van der Waals surface area contributed by atoms with Crippen molar-refractivity contribution in [3.63, 3.8) is 0 Å². The average molecular weight is 611 g/mol. The van der Waals surface area contributed by atoms with Crippen LogP contribution in [0.3, 0.4) is 0 Å². The van der Waals surface area contributed by atoms with E-state index in [0.29, 0.717) is 55.2 Å². The first-order chi connectivity index (χ1) is 19.8. The molecule has 1 aliphatic heterocycles. The van der Waals surface area contributed by atoms with E-state index < -0.39 is 11.5 Å². The molecular formula is C30H28Cl2N4O6. The first-order valence-corrected chi connectivity index (χ1v) is 13.6. The molecule has 218 valence electrons. The quantitative estimate of drug-likeness (QED) is 0.267. The third-order valence-corrected chi connectivity index (χ3v) is 7.50. The van der Waals surface area contributed by atoms with Crippen LogP contribution in [0.2, 0.25) is 10.0 Å². The van der Waals surface area contributed by atoms with Crippen LogP contribution in [0.25, 0.3) is 28.1 Å². The number of carboxylic acid groups (broad SMARTS) is 1. The SMILES string of the molecule is COc1cc(-c2cc3c(cc2OC)OCc2c(C(=O)N(C)C(C)(C)C)nn(-c4cc(Cl)cc(Cl)c4)c2-3)cc(C(=O)O)n1. The summed E-state index contributed by atoms with van der Waals surface area (Å²) in [6, 6.07) is 11.6. The molecular weight excluding hydrogens is 583 g/mol. The van der Waals surface area contributed by atoms with Crippen molar-refractivity contribution in [2.45, 2.75) is 32.9 Å². The highest BCUT2D eigenvalue weighted by molar-refractivity contribution is 6.34. The van der Waals surface area contributed by atoms with Gasteiger partial charge >= 0.3 is 5.97 Å². The summed E-state index contributed by atoms with van der Waals surface area (Å²) in [6.07, 6.45) is 0. The number of hydrogen-bond donors (Lipinski definition) is 1. The number of methoxy groups -OCH3 is 2. The van der Waals surface area contributed by atoms with Gasteiger partial charge in [-0.05, 0) is 56.7 Å². The van der Waals surface area contributed by atoms with Crippen LogP contribution in [0.15, 0.2) is 42.5 Å². The normalized spacial score (nSPS) is 12.2. The fourth-order valence-electron chi connectivity index (χ4n) is 4.63. The van der Waals surface area contributed by atoms with E-state index in [1.807, 2.05) is 20.8 Å². The van der Waals surface area contributed by atoms with Crippen molar-refractivity contribution < 1.29 is 28.9 Å². The predicted molar refractivity (Wildman–Crippen MR) is 158 cm³/mol. The molecule has 3 heterocycles. The minimum Gasteiger partial charge on any atom is -0.496 e. The van der Waals surface area contributed by atoms with Crippen LogP contribution in [0.1, 0.15) is 47.3 Å². The van der Waals surface area contributed by atoms with Crippen molar-refractivity contribution >= 4 is 35.1 Å². The maximum Gasteiger partial charge on any atom is 0.354 e. The van der Waals surface area contributed by atoms with Crippen molar-refractivity contribution in [3.05, 3.63) is 69.5 Å². The number of aromatic carboxylic acids is 1. The zero-order valence-electron chi connectivity index (χ0n) is 23.8. The van der Waals surface area contributed by atoms with E-state index in [1.165, 1.54) is 20.3 Å². The molecule has 2 aromatic carbocycles. The monoisotopic (exact) mass is 610 g/mol. The van der Waals surface area contributed by atoms with Gasteiger partial charge in [0.1, 0.15) is 18.1 Å². The Morgan fingerprint density at radius 1 is 1.00 bits per heavy atom. The van der Waals surface area contributed by atoms with Gasteiger partial charge in [-0.2, -0.15) is 5.10 Å². The molecule has 12 heteroatoms. The van der Waals surface area contributed by atoms with Gasteiger partial charge in [0, 0.05) is 51.5 Å². The molecule has 0 radical (unpaired) electrons. The number of amides is 1. The van der Waals surface area contributed by atoms with E-state index in [4.69, 9.17) is 42.5 Å². The topological polar surface area (TPSA) is 116 Å². The fourth-order valence-corrected chi connectivity index (χ4v) is 5.15. The molecule has 1 N–H and O–H groups in total. The summed E-state index contributed by atoms with van der Waals surface area (Å²) in [5.74, 6) is -0.447. The largest absolute Gasteiger partial charge is 0.496 e. The van der Waals surface area contributed by atoms with Gasteiger partial charge in [-0.25, -0.2) is 14.5 Å². The number of nitrogens with zero attached hydrogens (tertiary/aromatic N) is 4. The number of aromatic nitrogens is 3. The van der Waals surface area contributed by atoms with Gasteiger partial charge in [0.25, 0.3) is 5.91 Å². The molecule has 0 bridgehead atoms. The molecule has 0 fully saturated rings. The Labute approximate surface area is 252 Å². The molecule has 1 aliphatic rings. The Balaban J connectivity index is 1.81. The Morgan fingerprint density at radius 3 is 2.29 bits per heavy atom. The lowest BCUT2D eigenvalue weighted by atomic mass is 9.95. The van der Waals surface area contributed by atoms with Crippen molar-refractivity contribution in [2.24, 2.45) is 0 Å². The highest BCUT2D eigenvalue weighted by Gasteiger charge is 2.35. The molecule has 5 rings (SSSR count). The van der Waals surface area contributed by atoms with Crippen LogP contribution in [0.5, 0.6) is 17.4 Å². The third-order valence-electron chi connectivity index (χ3n) is 7.06. The van der Waals surface area contributed by atoms with Crippen molar-refractivity contribution in [1.82, 2.24) is 19.7 Å². The molecule has 0 aliphatic carbocycles. The number of pyridine rings is 1. The van der Waals surface area contributed by atoms with Gasteiger partial charge < -0.3 is 24.2 Å². The molecule has 42 heavy (non-hydrogen) atoms. The zero-order chi connectivity index (χ0) is 30.5. The summed E-state index contributed by atoms with van der Waals surface area (Å²) in [7, 11) is 4.64. The Bertz CT molecular complexity index is 1720. The lowest BCUT2D eigenvalue weighted by Crippen LogP contribution is -2.43. The number of benzene rings is 2. The molecule has 10 nitrogen and oxygen atoms in total. The van der Waals surface area contributed by atoms with E-state index in [2.05, 4.69) is 4.98 Å². The second-order valence-electron chi connectivity index (χ2n) is 10.7. The van der Waals surface area contributed by atoms with Crippen LogP contribution in [0.4, 0.5) is 0 Å². The summed E-state index contributed by atoms with van der Waals surface area (Å²) in [4.78, 5) is 31.2. The number of hydrogen-bond acceptors (Lipinski definition) is 7. The minimum absolute atomic E-state index is 0.0738. The van der Waals surface area contributed by atoms with Crippen LogP contribution in [-0.2, 0) is 6.61 Å². The smallest absolute Gasteiger partial charge is 0.354 e. The number of fused-ring (bicyclic) bond motifs is 3. The first-order valence-electron chi connectivity index (χ1n) is 12.8. The van der Waals surface area contributed by atoms with Crippen LogP contribution < -0.4 is 14.2 Å². The lowest BCUT2D eigenvalue weighted by molar-refractivity contribution is 0.0644. The Kier molecular flexibility index (Phi) is 7.55. The Morgan fingerprint density at radius 2 is 1.69 bits per heavy atom. The van der Waals surface area contributed by atoms with Gasteiger partial charge in [0.2, 0.25) is 5.88 Å². The Hall–Kier alpha value is -4.28. The number of carbonyl (C=O) groups is 2. The molecule has 4 aromatic rings. The number of ether oxygens (including phenoxy) is 3. The van der Waals surface area contributed by atoms with Crippen molar-refractivity contribution in [2.75, 3.05) is 21.3 Å². The lowest BCUT2D eigenvalue weighted by Gasteiger charge is -2.31. The maximum atomic E-state index is 13.8. The highest BCUT2D eigenvalue weighted by Crippen LogP contribution is 2.46.